The Kier molecular flexibility index (Phi) is 12.1. The van der Waals surface area contributed by atoms with E-state index in [2.05, 4.69) is 146 Å². The molecule has 2 radical (unpaired) electrons. The Morgan fingerprint density at radius 2 is 0.517 bits per heavy atom. The Bertz CT molecular complexity index is 2440. The van der Waals surface area contributed by atoms with Gasteiger partial charge in [-0.15, -0.1) is 22.1 Å². The summed E-state index contributed by atoms with van der Waals surface area (Å²) in [5.74, 6) is 0. The summed E-state index contributed by atoms with van der Waals surface area (Å²) in [5, 5.41) is 0. The van der Waals surface area contributed by atoms with Crippen molar-refractivity contribution >= 4 is 78.6 Å². The Morgan fingerprint density at radius 1 is 0.328 bits per heavy atom. The third-order valence-electron chi connectivity index (χ3n) is 8.86. The minimum absolute atomic E-state index is 0. The van der Waals surface area contributed by atoms with Crippen LogP contribution in [0.2, 0.25) is 0 Å². The molecule has 5 heterocycles. The van der Waals surface area contributed by atoms with Gasteiger partial charge in [-0.3, -0.25) is 0 Å². The first-order valence-electron chi connectivity index (χ1n) is 17.1. The van der Waals surface area contributed by atoms with E-state index in [9.17, 15) is 25.2 Å². The molecule has 0 fully saturated rings. The standard InChI is InChI=1S/C44H28N4.F6P.2H2O.Sb/c1-5-13-29(14-6-1)41-33-21-23-35(45-33)42(30-15-7-2-8-16-30)37-25-27-39(47-37)44(32-19-11-4-12-20-32)40-28-26-38(48-40)43(31-17-9-3-10-18-31)36-24-22-34(41)46-36;1-7(2,3,4,5)6;;;/h1-28H;;2*1H2;/q-2;-1;;;+3. The SMILES string of the molecule is C1=Cc2nc1c(-c1ccccc1)c1ccc([n-]1)c(-c1ccccc1)c1nc(c(-c3ccccc3)c3ccc([n-]3)c2-c2ccccc2)C=C1.F[P-](F)(F)(F)(F)F.O.O.[Sb+3]. The molecule has 3 aromatic heterocycles. The molecule has 4 aromatic carbocycles. The van der Waals surface area contributed by atoms with E-state index >= 15 is 0 Å². The van der Waals surface area contributed by atoms with Gasteiger partial charge in [0.1, 0.15) is 0 Å². The van der Waals surface area contributed by atoms with Crippen LogP contribution in [0.5, 0.6) is 0 Å². The van der Waals surface area contributed by atoms with Gasteiger partial charge in [0.15, 0.2) is 0 Å². The van der Waals surface area contributed by atoms with Gasteiger partial charge in [-0.25, -0.2) is 9.97 Å². The zero-order valence-corrected chi connectivity index (χ0v) is 33.6. The van der Waals surface area contributed by atoms with E-state index in [1.807, 2.05) is 24.3 Å². The van der Waals surface area contributed by atoms with E-state index in [1.165, 1.54) is 0 Å². The maximum Gasteiger partial charge on any atom is 3.00 e. The predicted octanol–water partition coefficient (Wildman–Crippen LogP) is 11.9. The topological polar surface area (TPSA) is 117 Å². The molecular weight excluding hydrogens is 883 g/mol. The summed E-state index contributed by atoms with van der Waals surface area (Å²) in [6, 6.07) is 50.0. The quantitative estimate of drug-likeness (QED) is 0.0992. The van der Waals surface area contributed by atoms with Crippen molar-refractivity contribution in [2.24, 2.45) is 0 Å². The van der Waals surface area contributed by atoms with E-state index in [0.717, 1.165) is 89.4 Å². The Labute approximate surface area is 346 Å². The molecule has 4 N–H and O–H groups in total. The van der Waals surface area contributed by atoms with Crippen molar-refractivity contribution in [2.45, 2.75) is 0 Å². The predicted molar refractivity (Wildman–Crippen MR) is 225 cm³/mol. The van der Waals surface area contributed by atoms with Crippen LogP contribution in [0.4, 0.5) is 25.2 Å². The third-order valence-corrected chi connectivity index (χ3v) is 8.86. The molecule has 9 rings (SSSR count). The normalized spacial score (nSPS) is 12.7. The first-order chi connectivity index (χ1) is 26.2. The Morgan fingerprint density at radius 3 is 0.707 bits per heavy atom. The van der Waals surface area contributed by atoms with Gasteiger partial charge in [-0.05, 0) is 68.8 Å². The molecule has 6 nitrogen and oxygen atoms in total. The van der Waals surface area contributed by atoms with Gasteiger partial charge in [0.05, 0.1) is 22.8 Å². The summed E-state index contributed by atoms with van der Waals surface area (Å²) in [7, 11) is -10.7. The second-order valence-electron chi connectivity index (χ2n) is 12.8. The van der Waals surface area contributed by atoms with Crippen molar-refractivity contribution < 1.29 is 36.1 Å². The molecule has 2 aliphatic heterocycles. The van der Waals surface area contributed by atoms with E-state index in [0.29, 0.717) is 0 Å². The molecular formula is C44H32F6N4O2PSb. The van der Waals surface area contributed by atoms with Gasteiger partial charge in [-0.1, -0.05) is 146 Å². The van der Waals surface area contributed by atoms with E-state index in [4.69, 9.17) is 19.9 Å². The molecule has 58 heavy (non-hydrogen) atoms. The van der Waals surface area contributed by atoms with Crippen molar-refractivity contribution in [1.82, 2.24) is 19.9 Å². The second-order valence-corrected chi connectivity index (χ2v) is 14.7. The van der Waals surface area contributed by atoms with Crippen molar-refractivity contribution in [1.29, 1.82) is 0 Å². The van der Waals surface area contributed by atoms with Crippen LogP contribution in [-0.2, 0) is 0 Å². The summed E-state index contributed by atoms with van der Waals surface area (Å²) in [4.78, 5) is 21.2. The zero-order chi connectivity index (χ0) is 38.3. The van der Waals surface area contributed by atoms with Crippen LogP contribution in [0.3, 0.4) is 0 Å². The van der Waals surface area contributed by atoms with Crippen molar-refractivity contribution in [3.8, 4) is 44.5 Å². The van der Waals surface area contributed by atoms with Crippen LogP contribution < -0.4 is 9.97 Å². The van der Waals surface area contributed by atoms with Crippen LogP contribution in [0.15, 0.2) is 146 Å². The van der Waals surface area contributed by atoms with E-state index in [1.54, 1.807) is 0 Å². The van der Waals surface area contributed by atoms with E-state index in [-0.39, 0.29) is 35.4 Å². The summed E-state index contributed by atoms with van der Waals surface area (Å²) in [5.41, 5.74) is 15.0. The molecule has 7 aromatic rings. The molecule has 0 saturated heterocycles. The first-order valence-corrected chi connectivity index (χ1v) is 19.1. The van der Waals surface area contributed by atoms with Gasteiger partial charge in [0, 0.05) is 0 Å². The summed E-state index contributed by atoms with van der Waals surface area (Å²) in [6.45, 7) is 0. The van der Waals surface area contributed by atoms with Crippen molar-refractivity contribution in [3.05, 3.63) is 168 Å². The monoisotopic (exact) mass is 914 g/mol. The summed E-state index contributed by atoms with van der Waals surface area (Å²) < 4.78 is 59.2. The number of nitrogens with zero attached hydrogens (tertiary/aromatic N) is 4. The smallest absolute Gasteiger partial charge is 0.412 e. The maximum absolute atomic E-state index is 10.7. The molecule has 0 spiro atoms. The number of benzene rings is 4. The van der Waals surface area contributed by atoms with Gasteiger partial charge in [-0.2, -0.15) is 0 Å². The van der Waals surface area contributed by atoms with Gasteiger partial charge < -0.3 is 20.9 Å². The number of halogens is 6. The molecule has 0 atom stereocenters. The molecule has 0 aliphatic carbocycles. The third kappa shape index (κ3) is 10.0. The fraction of sp³-hybridized carbons (Fsp3) is 0. The number of hydrogen-bond acceptors (Lipinski definition) is 2. The second kappa shape index (κ2) is 16.2. The van der Waals surface area contributed by atoms with Crippen LogP contribution >= 0.6 is 7.81 Å². The maximum atomic E-state index is 9.87. The minimum Gasteiger partial charge on any atom is -0.412 e. The first kappa shape index (κ1) is 43.4. The zero-order valence-electron chi connectivity index (χ0n) is 30.1. The summed E-state index contributed by atoms with van der Waals surface area (Å²) in [6.07, 6.45) is 8.41. The van der Waals surface area contributed by atoms with Gasteiger partial charge >= 0.3 is 57.4 Å². The van der Waals surface area contributed by atoms with Crippen LogP contribution in [0, 0.1) is 0 Å². The van der Waals surface area contributed by atoms with Crippen LogP contribution in [0.25, 0.3) is 90.9 Å². The van der Waals surface area contributed by atoms with Crippen molar-refractivity contribution in [3.63, 3.8) is 0 Å². The largest absolute Gasteiger partial charge is 3.00 e. The van der Waals surface area contributed by atoms with Gasteiger partial charge in [0.2, 0.25) is 0 Å². The summed E-state index contributed by atoms with van der Waals surface area (Å²) >= 11 is 0. The molecule has 0 amide bonds. The van der Waals surface area contributed by atoms with E-state index < -0.39 is 7.81 Å². The minimum atomic E-state index is -10.7. The Balaban J connectivity index is 0.000000591. The van der Waals surface area contributed by atoms with Crippen LogP contribution in [-0.4, -0.2) is 45.3 Å². The fourth-order valence-corrected chi connectivity index (χ4v) is 6.69. The molecule has 8 bridgehead atoms. The number of fused-ring (bicyclic) bond motifs is 8. The van der Waals surface area contributed by atoms with Gasteiger partial charge in [0.25, 0.3) is 0 Å². The van der Waals surface area contributed by atoms with Crippen LogP contribution in [0.1, 0.15) is 22.8 Å². The average molecular weight is 915 g/mol. The number of aromatic nitrogens is 4. The molecule has 14 heteroatoms. The van der Waals surface area contributed by atoms with Crippen molar-refractivity contribution in [2.75, 3.05) is 0 Å². The molecule has 0 unspecified atom stereocenters. The molecule has 292 valence electrons. The average Bonchev–Trinajstić information content (AvgIpc) is 4.00. The number of hydrogen-bond donors (Lipinski definition) is 0. The number of rotatable bonds is 4. The fourth-order valence-electron chi connectivity index (χ4n) is 6.69. The molecule has 2 aliphatic rings. The Hall–Kier alpha value is -5.77. The molecule has 0 saturated carbocycles.